The van der Waals surface area contributed by atoms with E-state index in [0.717, 1.165) is 22.2 Å². The second-order valence-electron chi connectivity index (χ2n) is 8.41. The summed E-state index contributed by atoms with van der Waals surface area (Å²) in [6, 6.07) is 15.3. The molecule has 132 valence electrons. The molecule has 0 bridgehead atoms. The predicted molar refractivity (Wildman–Crippen MR) is 110 cm³/mol. The molecule has 0 radical (unpaired) electrons. The van der Waals surface area contributed by atoms with Crippen molar-refractivity contribution in [2.24, 2.45) is 0 Å². The minimum atomic E-state index is 0.128. The molecular formula is C24H25NO. The molecule has 4 aromatic rings. The Morgan fingerprint density at radius 2 is 1.73 bits per heavy atom. The van der Waals surface area contributed by atoms with E-state index in [1.54, 1.807) is 6.26 Å². The van der Waals surface area contributed by atoms with E-state index in [2.05, 4.69) is 71.0 Å². The molecule has 26 heavy (non-hydrogen) atoms. The van der Waals surface area contributed by atoms with Crippen LogP contribution in [0, 0.1) is 0 Å². The van der Waals surface area contributed by atoms with Gasteiger partial charge in [-0.3, -0.25) is 4.98 Å². The average molecular weight is 343 g/mol. The molecule has 0 N–H and O–H groups in total. The van der Waals surface area contributed by atoms with Crippen LogP contribution in [0.4, 0.5) is 0 Å². The van der Waals surface area contributed by atoms with Crippen LogP contribution in [0.15, 0.2) is 59.3 Å². The second kappa shape index (κ2) is 5.98. The first-order valence-corrected chi connectivity index (χ1v) is 9.25. The Labute approximate surface area is 154 Å². The molecule has 2 nitrogen and oxygen atoms in total. The van der Waals surface area contributed by atoms with Crippen molar-refractivity contribution < 1.29 is 4.42 Å². The van der Waals surface area contributed by atoms with Crippen LogP contribution in [-0.4, -0.2) is 4.98 Å². The molecule has 0 atom stereocenters. The third-order valence-electron chi connectivity index (χ3n) is 5.13. The molecule has 0 saturated carbocycles. The highest BCUT2D eigenvalue weighted by molar-refractivity contribution is 6.02. The molecule has 0 fully saturated rings. The Balaban J connectivity index is 2.00. The number of aromatic nitrogens is 1. The first kappa shape index (κ1) is 16.8. The number of rotatable bonds is 2. The SMILES string of the molecule is CC(C)c1cc(-c2nccc3cc(C(C)(C)C)ccc23)c2occc2c1. The third-order valence-corrected chi connectivity index (χ3v) is 5.13. The second-order valence-corrected chi connectivity index (χ2v) is 8.41. The normalized spacial score (nSPS) is 12.4. The summed E-state index contributed by atoms with van der Waals surface area (Å²) in [6.45, 7) is 11.2. The van der Waals surface area contributed by atoms with Crippen molar-refractivity contribution in [2.75, 3.05) is 0 Å². The van der Waals surface area contributed by atoms with Crippen molar-refractivity contribution in [1.82, 2.24) is 4.98 Å². The number of hydrogen-bond acceptors (Lipinski definition) is 2. The molecule has 0 unspecified atom stereocenters. The van der Waals surface area contributed by atoms with Crippen molar-refractivity contribution in [3.05, 3.63) is 66.1 Å². The molecular weight excluding hydrogens is 318 g/mol. The molecule has 4 rings (SSSR count). The summed E-state index contributed by atoms with van der Waals surface area (Å²) in [4.78, 5) is 4.74. The lowest BCUT2D eigenvalue weighted by atomic mass is 9.85. The fourth-order valence-electron chi connectivity index (χ4n) is 3.47. The average Bonchev–Trinajstić information content (AvgIpc) is 3.07. The summed E-state index contributed by atoms with van der Waals surface area (Å²) in [5.41, 5.74) is 5.74. The van der Waals surface area contributed by atoms with E-state index in [9.17, 15) is 0 Å². The van der Waals surface area contributed by atoms with Crippen molar-refractivity contribution in [3.63, 3.8) is 0 Å². The molecule has 2 aromatic carbocycles. The zero-order valence-electron chi connectivity index (χ0n) is 16.1. The number of furan rings is 1. The highest BCUT2D eigenvalue weighted by Gasteiger charge is 2.17. The van der Waals surface area contributed by atoms with Crippen LogP contribution < -0.4 is 0 Å². The van der Waals surface area contributed by atoms with E-state index in [0.29, 0.717) is 5.92 Å². The van der Waals surface area contributed by atoms with Gasteiger partial charge in [0.2, 0.25) is 0 Å². The fraction of sp³-hybridized carbons (Fsp3) is 0.292. The lowest BCUT2D eigenvalue weighted by Gasteiger charge is -2.20. The Morgan fingerprint density at radius 3 is 2.46 bits per heavy atom. The number of fused-ring (bicyclic) bond motifs is 2. The summed E-state index contributed by atoms with van der Waals surface area (Å²) >= 11 is 0. The van der Waals surface area contributed by atoms with Crippen molar-refractivity contribution in [3.8, 4) is 11.3 Å². The van der Waals surface area contributed by atoms with Crippen molar-refractivity contribution in [2.45, 2.75) is 46.0 Å². The summed E-state index contributed by atoms with van der Waals surface area (Å²) in [7, 11) is 0. The monoisotopic (exact) mass is 343 g/mol. The molecule has 0 spiro atoms. The van der Waals surface area contributed by atoms with E-state index in [1.165, 1.54) is 21.9 Å². The molecule has 2 aromatic heterocycles. The van der Waals surface area contributed by atoms with Gasteiger partial charge in [-0.2, -0.15) is 0 Å². The molecule has 0 aliphatic heterocycles. The van der Waals surface area contributed by atoms with Gasteiger partial charge in [0.15, 0.2) is 0 Å². The van der Waals surface area contributed by atoms with Crippen LogP contribution in [0.25, 0.3) is 33.0 Å². The highest BCUT2D eigenvalue weighted by atomic mass is 16.3. The summed E-state index contributed by atoms with van der Waals surface area (Å²) in [5, 5.41) is 3.52. The smallest absolute Gasteiger partial charge is 0.143 e. The zero-order chi connectivity index (χ0) is 18.5. The highest BCUT2D eigenvalue weighted by Crippen LogP contribution is 2.36. The van der Waals surface area contributed by atoms with Crippen LogP contribution in [-0.2, 0) is 5.41 Å². The van der Waals surface area contributed by atoms with Crippen LogP contribution in [0.3, 0.4) is 0 Å². The standard InChI is InChI=1S/C24H25NO/c1-15(2)18-12-17-9-11-26-23(17)21(14-18)22-20-7-6-19(24(3,4)5)13-16(20)8-10-25-22/h6-15H,1-5H3. The zero-order valence-corrected chi connectivity index (χ0v) is 16.1. The number of benzene rings is 2. The van der Waals surface area contributed by atoms with Crippen LogP contribution in [0.5, 0.6) is 0 Å². The van der Waals surface area contributed by atoms with Gasteiger partial charge in [-0.05, 0) is 52.1 Å². The third kappa shape index (κ3) is 2.80. The van der Waals surface area contributed by atoms with Gasteiger partial charge in [0.1, 0.15) is 5.58 Å². The maximum atomic E-state index is 5.83. The van der Waals surface area contributed by atoms with Crippen molar-refractivity contribution in [1.29, 1.82) is 0 Å². The number of hydrogen-bond donors (Lipinski definition) is 0. The Bertz CT molecular complexity index is 1100. The molecule has 2 heterocycles. The van der Waals surface area contributed by atoms with Crippen LogP contribution in [0.1, 0.15) is 51.7 Å². The Kier molecular flexibility index (Phi) is 3.87. The van der Waals surface area contributed by atoms with Gasteiger partial charge in [-0.25, -0.2) is 0 Å². The maximum Gasteiger partial charge on any atom is 0.143 e. The summed E-state index contributed by atoms with van der Waals surface area (Å²) in [6.07, 6.45) is 3.67. The van der Waals surface area contributed by atoms with Gasteiger partial charge >= 0.3 is 0 Å². The Morgan fingerprint density at radius 1 is 0.923 bits per heavy atom. The first-order valence-electron chi connectivity index (χ1n) is 9.25. The molecule has 0 saturated heterocycles. The van der Waals surface area contributed by atoms with Gasteiger partial charge in [0.25, 0.3) is 0 Å². The molecule has 0 aliphatic carbocycles. The van der Waals surface area contributed by atoms with Crippen LogP contribution >= 0.6 is 0 Å². The van der Waals surface area contributed by atoms with E-state index in [-0.39, 0.29) is 5.41 Å². The fourth-order valence-corrected chi connectivity index (χ4v) is 3.47. The van der Waals surface area contributed by atoms with Gasteiger partial charge in [-0.15, -0.1) is 0 Å². The Hall–Kier alpha value is -2.61. The van der Waals surface area contributed by atoms with E-state index >= 15 is 0 Å². The van der Waals surface area contributed by atoms with Gasteiger partial charge in [0, 0.05) is 22.5 Å². The topological polar surface area (TPSA) is 26.0 Å². The molecule has 2 heteroatoms. The van der Waals surface area contributed by atoms with Gasteiger partial charge < -0.3 is 4.42 Å². The first-order chi connectivity index (χ1) is 12.3. The van der Waals surface area contributed by atoms with E-state index < -0.39 is 0 Å². The van der Waals surface area contributed by atoms with Gasteiger partial charge in [-0.1, -0.05) is 52.8 Å². The largest absolute Gasteiger partial charge is 0.464 e. The molecule has 0 amide bonds. The molecule has 0 aliphatic rings. The summed E-state index contributed by atoms with van der Waals surface area (Å²) in [5.74, 6) is 0.454. The number of nitrogens with zero attached hydrogens (tertiary/aromatic N) is 1. The van der Waals surface area contributed by atoms with E-state index in [1.807, 2.05) is 12.3 Å². The minimum absolute atomic E-state index is 0.128. The van der Waals surface area contributed by atoms with Crippen LogP contribution in [0.2, 0.25) is 0 Å². The lowest BCUT2D eigenvalue weighted by molar-refractivity contribution is 0.591. The number of pyridine rings is 1. The lowest BCUT2D eigenvalue weighted by Crippen LogP contribution is -2.10. The van der Waals surface area contributed by atoms with Crippen molar-refractivity contribution >= 4 is 21.7 Å². The maximum absolute atomic E-state index is 5.83. The minimum Gasteiger partial charge on any atom is -0.464 e. The van der Waals surface area contributed by atoms with E-state index in [4.69, 9.17) is 9.40 Å². The predicted octanol–water partition coefficient (Wildman–Crippen LogP) is 7.07. The summed E-state index contributed by atoms with van der Waals surface area (Å²) < 4.78 is 5.83. The quantitative estimate of drug-likeness (QED) is 0.389. The van der Waals surface area contributed by atoms with Gasteiger partial charge in [0.05, 0.1) is 12.0 Å².